The third-order valence-electron chi connectivity index (χ3n) is 3.09. The largest absolute Gasteiger partial charge is 0.382 e. The van der Waals surface area contributed by atoms with E-state index >= 15 is 0 Å². The van der Waals surface area contributed by atoms with Crippen LogP contribution in [0.4, 0.5) is 0 Å². The predicted octanol–water partition coefficient (Wildman–Crippen LogP) is 5.24. The fourth-order valence-electron chi connectivity index (χ4n) is 1.82. The number of hydrogen-bond acceptors (Lipinski definition) is 4. The molecule has 0 amide bonds. The Hall–Kier alpha value is -1.60. The summed E-state index contributed by atoms with van der Waals surface area (Å²) in [6.45, 7) is 0. The minimum Gasteiger partial charge on any atom is -0.382 e. The molecule has 3 aromatic rings. The van der Waals surface area contributed by atoms with E-state index in [4.69, 9.17) is 11.6 Å². The Morgan fingerprint density at radius 2 is 1.52 bits per heavy atom. The van der Waals surface area contributed by atoms with Crippen molar-refractivity contribution in [3.8, 4) is 0 Å². The maximum absolute atomic E-state index is 10.1. The summed E-state index contributed by atoms with van der Waals surface area (Å²) < 4.78 is 1.77. The maximum Gasteiger partial charge on any atom is 0.168 e. The van der Waals surface area contributed by atoms with Gasteiger partial charge in [-0.2, -0.15) is 0 Å². The summed E-state index contributed by atoms with van der Waals surface area (Å²) in [4.78, 5) is 18.0. The number of aliphatic hydroxyl groups excluding tert-OH is 1. The van der Waals surface area contributed by atoms with Crippen LogP contribution < -0.4 is 0 Å². The SMILES string of the molecule is O=Cc1ccc(Br)cn1.OC(c1ccc(Cl)cc1)c1ccc(Br)cn1. The maximum atomic E-state index is 10.1. The standard InChI is InChI=1S/C12H9BrClNO.C6H4BrNO/c13-9-3-6-11(15-7-9)12(16)8-1-4-10(14)5-2-8;7-5-1-2-6(4-9)8-3-5/h1-7,12,16H;1-4H. The van der Waals surface area contributed by atoms with E-state index in [-0.39, 0.29) is 0 Å². The van der Waals surface area contributed by atoms with Gasteiger partial charge in [0.25, 0.3) is 0 Å². The van der Waals surface area contributed by atoms with Crippen molar-refractivity contribution in [2.45, 2.75) is 6.10 Å². The van der Waals surface area contributed by atoms with Crippen molar-refractivity contribution in [2.75, 3.05) is 0 Å². The molecule has 0 aliphatic heterocycles. The molecule has 3 rings (SSSR count). The van der Waals surface area contributed by atoms with Crippen molar-refractivity contribution in [1.82, 2.24) is 9.97 Å². The molecule has 0 aliphatic rings. The third-order valence-corrected chi connectivity index (χ3v) is 4.28. The number of pyridine rings is 2. The molecule has 4 nitrogen and oxygen atoms in total. The Morgan fingerprint density at radius 3 is 2.00 bits per heavy atom. The molecular formula is C18H13Br2ClN2O2. The molecule has 128 valence electrons. The van der Waals surface area contributed by atoms with E-state index in [1.54, 1.807) is 54.9 Å². The van der Waals surface area contributed by atoms with Gasteiger partial charge < -0.3 is 5.11 Å². The fourth-order valence-corrected chi connectivity index (χ4v) is 2.42. The lowest BCUT2D eigenvalue weighted by molar-refractivity contribution is 0.111. The first-order valence-corrected chi connectivity index (χ1v) is 9.07. The van der Waals surface area contributed by atoms with Gasteiger partial charge in [-0.3, -0.25) is 14.8 Å². The second-order valence-electron chi connectivity index (χ2n) is 4.87. The summed E-state index contributed by atoms with van der Waals surface area (Å²) in [5.74, 6) is 0. The highest BCUT2D eigenvalue weighted by molar-refractivity contribution is 9.10. The number of aldehydes is 1. The number of carbonyl (C=O) groups excluding carboxylic acids is 1. The highest BCUT2D eigenvalue weighted by Gasteiger charge is 2.11. The van der Waals surface area contributed by atoms with Crippen molar-refractivity contribution in [3.63, 3.8) is 0 Å². The zero-order chi connectivity index (χ0) is 18.2. The van der Waals surface area contributed by atoms with Gasteiger partial charge in [-0.15, -0.1) is 0 Å². The number of rotatable bonds is 3. The first-order valence-electron chi connectivity index (χ1n) is 7.11. The third kappa shape index (κ3) is 6.32. The van der Waals surface area contributed by atoms with Gasteiger partial charge in [0.2, 0.25) is 0 Å². The molecule has 25 heavy (non-hydrogen) atoms. The summed E-state index contributed by atoms with van der Waals surface area (Å²) in [7, 11) is 0. The fraction of sp³-hybridized carbons (Fsp3) is 0.0556. The molecule has 2 heterocycles. The van der Waals surface area contributed by atoms with Crippen LogP contribution in [0.15, 0.2) is 69.9 Å². The van der Waals surface area contributed by atoms with Crippen LogP contribution in [-0.2, 0) is 0 Å². The van der Waals surface area contributed by atoms with Gasteiger partial charge in [-0.05, 0) is 73.8 Å². The van der Waals surface area contributed by atoms with Crippen LogP contribution in [0.5, 0.6) is 0 Å². The highest BCUT2D eigenvalue weighted by Crippen LogP contribution is 2.22. The van der Waals surface area contributed by atoms with E-state index in [1.165, 1.54) is 0 Å². The van der Waals surface area contributed by atoms with Gasteiger partial charge in [-0.1, -0.05) is 23.7 Å². The van der Waals surface area contributed by atoms with E-state index in [1.807, 2.05) is 6.07 Å². The normalized spacial score (nSPS) is 11.2. The van der Waals surface area contributed by atoms with Crippen molar-refractivity contribution < 1.29 is 9.90 Å². The Balaban J connectivity index is 0.000000212. The van der Waals surface area contributed by atoms with Crippen molar-refractivity contribution in [1.29, 1.82) is 0 Å². The zero-order valence-corrected chi connectivity index (χ0v) is 16.7. The molecule has 0 spiro atoms. The summed E-state index contributed by atoms with van der Waals surface area (Å²) in [5.41, 5.74) is 1.85. The number of aliphatic hydroxyl groups is 1. The number of hydrogen-bond donors (Lipinski definition) is 1. The molecule has 0 bridgehead atoms. The molecule has 1 unspecified atom stereocenters. The number of halogens is 3. The number of nitrogens with zero attached hydrogens (tertiary/aromatic N) is 2. The minimum atomic E-state index is -0.717. The summed E-state index contributed by atoms with van der Waals surface area (Å²) in [5, 5.41) is 10.7. The molecule has 0 radical (unpaired) electrons. The summed E-state index contributed by atoms with van der Waals surface area (Å²) in [6.07, 6.45) is 3.25. The topological polar surface area (TPSA) is 63.1 Å². The molecule has 0 aliphatic carbocycles. The van der Waals surface area contributed by atoms with E-state index < -0.39 is 6.10 Å². The lowest BCUT2D eigenvalue weighted by atomic mass is 10.1. The Morgan fingerprint density at radius 1 is 0.920 bits per heavy atom. The molecule has 2 aromatic heterocycles. The molecule has 7 heteroatoms. The van der Waals surface area contributed by atoms with E-state index in [9.17, 15) is 9.90 Å². The van der Waals surface area contributed by atoms with Crippen molar-refractivity contribution >= 4 is 49.7 Å². The van der Waals surface area contributed by atoms with Crippen molar-refractivity contribution in [2.24, 2.45) is 0 Å². The lowest BCUT2D eigenvalue weighted by Crippen LogP contribution is -2.01. The highest BCUT2D eigenvalue weighted by atomic mass is 79.9. The molecule has 0 saturated heterocycles. The van der Waals surface area contributed by atoms with Crippen LogP contribution in [0, 0.1) is 0 Å². The summed E-state index contributed by atoms with van der Waals surface area (Å²) in [6, 6.07) is 14.1. The van der Waals surface area contributed by atoms with Crippen LogP contribution in [-0.4, -0.2) is 21.4 Å². The molecule has 1 atom stereocenters. The average molecular weight is 485 g/mol. The zero-order valence-electron chi connectivity index (χ0n) is 12.8. The molecule has 0 saturated carbocycles. The van der Waals surface area contributed by atoms with Crippen LogP contribution >= 0.6 is 43.5 Å². The Bertz CT molecular complexity index is 764. The first kappa shape index (κ1) is 19.7. The number of benzene rings is 1. The Labute approximate surface area is 167 Å². The molecular weight excluding hydrogens is 471 g/mol. The quantitative estimate of drug-likeness (QED) is 0.517. The van der Waals surface area contributed by atoms with Gasteiger partial charge >= 0.3 is 0 Å². The second-order valence-corrected chi connectivity index (χ2v) is 7.14. The second kappa shape index (κ2) is 9.77. The molecule has 0 fully saturated rings. The van der Waals surface area contributed by atoms with Crippen molar-refractivity contribution in [3.05, 3.63) is 91.8 Å². The van der Waals surface area contributed by atoms with Gasteiger partial charge in [0.05, 0.1) is 5.69 Å². The summed E-state index contributed by atoms with van der Waals surface area (Å²) >= 11 is 12.3. The monoisotopic (exact) mass is 482 g/mol. The van der Waals surface area contributed by atoms with Crippen LogP contribution in [0.25, 0.3) is 0 Å². The van der Waals surface area contributed by atoms with Crippen LogP contribution in [0.1, 0.15) is 27.8 Å². The smallest absolute Gasteiger partial charge is 0.168 e. The number of carbonyl (C=O) groups is 1. The lowest BCUT2D eigenvalue weighted by Gasteiger charge is -2.10. The van der Waals surface area contributed by atoms with Gasteiger partial charge in [0, 0.05) is 26.4 Å². The number of aromatic nitrogens is 2. The van der Waals surface area contributed by atoms with E-state index in [0.29, 0.717) is 22.7 Å². The van der Waals surface area contributed by atoms with Gasteiger partial charge in [-0.25, -0.2) is 0 Å². The molecule has 1 aromatic carbocycles. The van der Waals surface area contributed by atoms with Gasteiger partial charge in [0.15, 0.2) is 6.29 Å². The van der Waals surface area contributed by atoms with E-state index in [0.717, 1.165) is 14.5 Å². The molecule has 1 N–H and O–H groups in total. The van der Waals surface area contributed by atoms with Gasteiger partial charge in [0.1, 0.15) is 11.8 Å². The van der Waals surface area contributed by atoms with Crippen LogP contribution in [0.3, 0.4) is 0 Å². The average Bonchev–Trinajstić information content (AvgIpc) is 2.64. The Kier molecular flexibility index (Phi) is 7.71. The first-order chi connectivity index (χ1) is 12.0. The predicted molar refractivity (Wildman–Crippen MR) is 105 cm³/mol. The van der Waals surface area contributed by atoms with Crippen LogP contribution in [0.2, 0.25) is 5.02 Å². The van der Waals surface area contributed by atoms with E-state index in [2.05, 4.69) is 41.8 Å². The minimum absolute atomic E-state index is 0.457.